The summed E-state index contributed by atoms with van der Waals surface area (Å²) in [5, 5.41) is 0. The van der Waals surface area contributed by atoms with Crippen molar-refractivity contribution in [3.05, 3.63) is 90.8 Å². The monoisotopic (exact) mass is 385 g/mol. The lowest BCUT2D eigenvalue weighted by Gasteiger charge is -2.06. The molecule has 5 heteroatoms. The molecule has 0 saturated carbocycles. The van der Waals surface area contributed by atoms with Gasteiger partial charge in [-0.05, 0) is 12.1 Å². The minimum atomic E-state index is -0.380. The molecule has 29 heavy (non-hydrogen) atoms. The molecular formula is C24H19NO4. The summed E-state index contributed by atoms with van der Waals surface area (Å²) in [5.41, 5.74) is 2.68. The molecule has 4 aromatic rings. The number of hydrogen-bond donors (Lipinski definition) is 0. The van der Waals surface area contributed by atoms with Crippen molar-refractivity contribution >= 4 is 5.97 Å². The molecule has 0 aliphatic rings. The SMILES string of the molecule is CC(=O)Oc1cccc(OCc2nc(-c3ccccc3)c(-c3ccccc3)o2)c1. The van der Waals surface area contributed by atoms with Crippen molar-refractivity contribution in [1.29, 1.82) is 0 Å². The van der Waals surface area contributed by atoms with Gasteiger partial charge in [-0.1, -0.05) is 66.7 Å². The molecule has 4 rings (SSSR count). The molecule has 0 aliphatic heterocycles. The number of nitrogens with zero attached hydrogens (tertiary/aromatic N) is 1. The summed E-state index contributed by atoms with van der Waals surface area (Å²) in [6.45, 7) is 1.51. The van der Waals surface area contributed by atoms with E-state index in [-0.39, 0.29) is 12.6 Å². The van der Waals surface area contributed by atoms with Gasteiger partial charge in [-0.3, -0.25) is 4.79 Å². The topological polar surface area (TPSA) is 61.6 Å². The van der Waals surface area contributed by atoms with E-state index in [1.807, 2.05) is 60.7 Å². The van der Waals surface area contributed by atoms with Crippen LogP contribution in [0.2, 0.25) is 0 Å². The zero-order valence-electron chi connectivity index (χ0n) is 15.9. The molecule has 144 valence electrons. The summed E-state index contributed by atoms with van der Waals surface area (Å²) in [5.74, 6) is 1.77. The van der Waals surface area contributed by atoms with Gasteiger partial charge in [-0.15, -0.1) is 0 Å². The Labute approximate surface area is 168 Å². The first-order valence-electron chi connectivity index (χ1n) is 9.21. The van der Waals surface area contributed by atoms with Crippen molar-refractivity contribution in [3.63, 3.8) is 0 Å². The Balaban J connectivity index is 1.60. The second-order valence-electron chi connectivity index (χ2n) is 6.37. The molecular weight excluding hydrogens is 366 g/mol. The van der Waals surface area contributed by atoms with E-state index in [0.29, 0.717) is 23.1 Å². The predicted molar refractivity (Wildman–Crippen MR) is 109 cm³/mol. The molecule has 0 unspecified atom stereocenters. The molecule has 0 fully saturated rings. The Bertz CT molecular complexity index is 1050. The van der Waals surface area contributed by atoms with Crippen molar-refractivity contribution in [2.45, 2.75) is 13.5 Å². The van der Waals surface area contributed by atoms with Crippen LogP contribution in [0, 0.1) is 0 Å². The Morgan fingerprint density at radius 1 is 0.862 bits per heavy atom. The van der Waals surface area contributed by atoms with Gasteiger partial charge in [0.2, 0.25) is 5.89 Å². The number of esters is 1. The maximum Gasteiger partial charge on any atom is 0.308 e. The molecule has 0 aliphatic carbocycles. The van der Waals surface area contributed by atoms with Crippen molar-refractivity contribution in [2.24, 2.45) is 0 Å². The first kappa shape index (κ1) is 18.5. The van der Waals surface area contributed by atoms with Gasteiger partial charge in [0.25, 0.3) is 0 Å². The van der Waals surface area contributed by atoms with Gasteiger partial charge in [-0.2, -0.15) is 0 Å². The number of aromatic nitrogens is 1. The van der Waals surface area contributed by atoms with Gasteiger partial charge < -0.3 is 13.9 Å². The standard InChI is InChI=1S/C24H19NO4/c1-17(26)28-21-14-8-13-20(15-21)27-16-22-25-23(18-9-4-2-5-10-18)24(29-22)19-11-6-3-7-12-19/h2-15H,16H2,1H3. The third-order valence-electron chi connectivity index (χ3n) is 4.18. The molecule has 0 spiro atoms. The summed E-state index contributed by atoms with van der Waals surface area (Å²) in [6, 6.07) is 26.6. The van der Waals surface area contributed by atoms with E-state index in [9.17, 15) is 4.79 Å². The first-order valence-corrected chi connectivity index (χ1v) is 9.21. The minimum absolute atomic E-state index is 0.149. The van der Waals surface area contributed by atoms with Crippen LogP contribution in [0.4, 0.5) is 0 Å². The maximum atomic E-state index is 11.1. The maximum absolute atomic E-state index is 11.1. The van der Waals surface area contributed by atoms with Crippen molar-refractivity contribution < 1.29 is 18.7 Å². The molecule has 1 heterocycles. The van der Waals surface area contributed by atoms with Crippen LogP contribution in [0.3, 0.4) is 0 Å². The number of oxazole rings is 1. The van der Waals surface area contributed by atoms with E-state index in [1.54, 1.807) is 24.3 Å². The molecule has 0 bridgehead atoms. The van der Waals surface area contributed by atoms with Gasteiger partial charge in [0.15, 0.2) is 12.4 Å². The zero-order chi connectivity index (χ0) is 20.1. The van der Waals surface area contributed by atoms with Crippen LogP contribution in [-0.2, 0) is 11.4 Å². The number of carbonyl (C=O) groups excluding carboxylic acids is 1. The van der Waals surface area contributed by atoms with Crippen molar-refractivity contribution in [2.75, 3.05) is 0 Å². The molecule has 5 nitrogen and oxygen atoms in total. The van der Waals surface area contributed by atoms with Gasteiger partial charge in [0.1, 0.15) is 17.2 Å². The van der Waals surface area contributed by atoms with Crippen LogP contribution in [0.15, 0.2) is 89.3 Å². The van der Waals surface area contributed by atoms with Gasteiger partial charge >= 0.3 is 5.97 Å². The summed E-state index contributed by atoms with van der Waals surface area (Å²) < 4.78 is 16.9. The highest BCUT2D eigenvalue weighted by Crippen LogP contribution is 2.33. The van der Waals surface area contributed by atoms with E-state index in [0.717, 1.165) is 16.8 Å². The molecule has 0 radical (unpaired) electrons. The van der Waals surface area contributed by atoms with Gasteiger partial charge in [-0.25, -0.2) is 4.98 Å². The van der Waals surface area contributed by atoms with E-state index in [4.69, 9.17) is 13.9 Å². The fraction of sp³-hybridized carbons (Fsp3) is 0.0833. The quantitative estimate of drug-likeness (QED) is 0.323. The highest BCUT2D eigenvalue weighted by Gasteiger charge is 2.17. The zero-order valence-corrected chi connectivity index (χ0v) is 15.9. The predicted octanol–water partition coefficient (Wildman–Crippen LogP) is 5.51. The number of benzene rings is 3. The van der Waals surface area contributed by atoms with Crippen LogP contribution in [0.1, 0.15) is 12.8 Å². The number of ether oxygens (including phenoxy) is 2. The summed E-state index contributed by atoms with van der Waals surface area (Å²) in [6.07, 6.45) is 0. The van der Waals surface area contributed by atoms with Crippen LogP contribution >= 0.6 is 0 Å². The first-order chi connectivity index (χ1) is 14.2. The Kier molecular flexibility index (Phi) is 5.38. The Morgan fingerprint density at radius 3 is 2.21 bits per heavy atom. The number of hydrogen-bond acceptors (Lipinski definition) is 5. The smallest absolute Gasteiger partial charge is 0.308 e. The Morgan fingerprint density at radius 2 is 1.52 bits per heavy atom. The molecule has 3 aromatic carbocycles. The molecule has 0 N–H and O–H groups in total. The van der Waals surface area contributed by atoms with E-state index in [1.165, 1.54) is 6.92 Å². The second kappa shape index (κ2) is 8.44. The average Bonchev–Trinajstić information content (AvgIpc) is 3.18. The molecule has 0 amide bonds. The highest BCUT2D eigenvalue weighted by molar-refractivity contribution is 5.76. The summed E-state index contributed by atoms with van der Waals surface area (Å²) in [4.78, 5) is 15.8. The second-order valence-corrected chi connectivity index (χ2v) is 6.37. The van der Waals surface area contributed by atoms with Crippen molar-refractivity contribution in [1.82, 2.24) is 4.98 Å². The summed E-state index contributed by atoms with van der Waals surface area (Å²) in [7, 11) is 0. The largest absolute Gasteiger partial charge is 0.484 e. The van der Waals surface area contributed by atoms with Crippen LogP contribution in [0.25, 0.3) is 22.6 Å². The van der Waals surface area contributed by atoms with E-state index in [2.05, 4.69) is 4.98 Å². The number of rotatable bonds is 6. The molecule has 0 saturated heterocycles. The fourth-order valence-electron chi connectivity index (χ4n) is 2.94. The third kappa shape index (κ3) is 4.52. The summed E-state index contributed by atoms with van der Waals surface area (Å²) >= 11 is 0. The van der Waals surface area contributed by atoms with Gasteiger partial charge in [0, 0.05) is 24.1 Å². The lowest BCUT2D eigenvalue weighted by molar-refractivity contribution is -0.131. The van der Waals surface area contributed by atoms with Crippen LogP contribution in [-0.4, -0.2) is 11.0 Å². The normalized spacial score (nSPS) is 10.5. The highest BCUT2D eigenvalue weighted by atomic mass is 16.5. The minimum Gasteiger partial charge on any atom is -0.484 e. The number of carbonyl (C=O) groups is 1. The van der Waals surface area contributed by atoms with Crippen molar-refractivity contribution in [3.8, 4) is 34.1 Å². The van der Waals surface area contributed by atoms with E-state index >= 15 is 0 Å². The van der Waals surface area contributed by atoms with Gasteiger partial charge in [0.05, 0.1) is 0 Å². The lowest BCUT2D eigenvalue weighted by atomic mass is 10.1. The fourth-order valence-corrected chi connectivity index (χ4v) is 2.94. The van der Waals surface area contributed by atoms with E-state index < -0.39 is 0 Å². The Hall–Kier alpha value is -3.86. The average molecular weight is 385 g/mol. The third-order valence-corrected chi connectivity index (χ3v) is 4.18. The van der Waals surface area contributed by atoms with Crippen LogP contribution < -0.4 is 9.47 Å². The molecule has 0 atom stereocenters. The van der Waals surface area contributed by atoms with Crippen LogP contribution in [0.5, 0.6) is 11.5 Å². The lowest BCUT2D eigenvalue weighted by Crippen LogP contribution is -2.02. The molecule has 1 aromatic heterocycles.